The number of nitrogens with zero attached hydrogens (tertiary/aromatic N) is 6. The first kappa shape index (κ1) is 21.1. The van der Waals surface area contributed by atoms with Crippen molar-refractivity contribution >= 4 is 5.95 Å². The molecule has 0 saturated carbocycles. The van der Waals surface area contributed by atoms with Gasteiger partial charge in [-0.2, -0.15) is 0 Å². The summed E-state index contributed by atoms with van der Waals surface area (Å²) < 4.78 is 11.8. The van der Waals surface area contributed by atoms with Gasteiger partial charge in [0.1, 0.15) is 18.2 Å². The predicted octanol–water partition coefficient (Wildman–Crippen LogP) is 2.89. The number of rotatable bonds is 6. The first-order chi connectivity index (χ1) is 15.1. The van der Waals surface area contributed by atoms with Gasteiger partial charge in [-0.25, -0.2) is 19.9 Å². The summed E-state index contributed by atoms with van der Waals surface area (Å²) in [6.07, 6.45) is 6.74. The van der Waals surface area contributed by atoms with Crippen LogP contribution >= 0.6 is 0 Å². The van der Waals surface area contributed by atoms with E-state index in [4.69, 9.17) is 14.5 Å². The average Bonchev–Trinajstić information content (AvgIpc) is 2.79. The number of ether oxygens (including phenoxy) is 2. The Morgan fingerprint density at radius 3 is 2.74 bits per heavy atom. The highest BCUT2D eigenvalue weighted by Gasteiger charge is 2.27. The van der Waals surface area contributed by atoms with Crippen molar-refractivity contribution < 1.29 is 9.47 Å². The molecule has 1 aromatic carbocycles. The lowest BCUT2D eigenvalue weighted by molar-refractivity contribution is -0.0348. The van der Waals surface area contributed by atoms with Crippen LogP contribution in [0.15, 0.2) is 43.1 Å². The van der Waals surface area contributed by atoms with E-state index in [0.717, 1.165) is 47.8 Å². The molecule has 0 bridgehead atoms. The third-order valence-corrected chi connectivity index (χ3v) is 5.42. The lowest BCUT2D eigenvalue weighted by Gasteiger charge is -2.34. The Kier molecular flexibility index (Phi) is 6.39. The molecule has 0 unspecified atom stereocenters. The van der Waals surface area contributed by atoms with E-state index >= 15 is 0 Å². The molecule has 1 aliphatic rings. The van der Waals surface area contributed by atoms with Crippen LogP contribution in [0, 0.1) is 6.92 Å². The van der Waals surface area contributed by atoms with Crippen molar-refractivity contribution in [3.63, 3.8) is 0 Å². The van der Waals surface area contributed by atoms with Crippen molar-refractivity contribution in [1.82, 2.24) is 24.8 Å². The molecule has 1 aliphatic heterocycles. The number of morpholine rings is 1. The molecule has 3 aromatic rings. The topological polar surface area (TPSA) is 76.5 Å². The largest absolute Gasteiger partial charge is 0.496 e. The minimum absolute atomic E-state index is 0.179. The summed E-state index contributed by atoms with van der Waals surface area (Å²) in [4.78, 5) is 21.9. The van der Waals surface area contributed by atoms with Gasteiger partial charge in [-0.3, -0.25) is 4.90 Å². The Morgan fingerprint density at radius 2 is 2.00 bits per heavy atom. The molecular formula is C23H28N6O2. The molecular weight excluding hydrogens is 392 g/mol. The van der Waals surface area contributed by atoms with Crippen LogP contribution in [-0.4, -0.2) is 65.7 Å². The second-order valence-electron chi connectivity index (χ2n) is 7.85. The first-order valence-corrected chi connectivity index (χ1v) is 10.3. The highest BCUT2D eigenvalue weighted by atomic mass is 16.5. The number of aromatic nitrogens is 4. The van der Waals surface area contributed by atoms with Gasteiger partial charge in [0, 0.05) is 69.0 Å². The van der Waals surface area contributed by atoms with Crippen molar-refractivity contribution in [1.29, 1.82) is 0 Å². The smallest absolute Gasteiger partial charge is 0.225 e. The standard InChI is InChI=1S/C23H28N6O2/c1-16-6-5-7-17(22(16)30-4)13-29-8-9-31-20(14-29)21-19(18-10-24-15-25-11-18)12-26-23(27-21)28(2)3/h5-7,10-12,15,20H,8-9,13-14H2,1-4H3/t20-/m1/s1. The van der Waals surface area contributed by atoms with E-state index in [2.05, 4.69) is 45.0 Å². The van der Waals surface area contributed by atoms with Gasteiger partial charge in [-0.05, 0) is 12.5 Å². The molecule has 1 fully saturated rings. The number of hydrogen-bond donors (Lipinski definition) is 0. The van der Waals surface area contributed by atoms with Gasteiger partial charge in [0.2, 0.25) is 5.95 Å². The molecule has 162 valence electrons. The maximum atomic E-state index is 6.19. The van der Waals surface area contributed by atoms with Gasteiger partial charge < -0.3 is 14.4 Å². The molecule has 0 aliphatic carbocycles. The second-order valence-corrected chi connectivity index (χ2v) is 7.85. The number of hydrogen-bond acceptors (Lipinski definition) is 8. The molecule has 4 rings (SSSR count). The van der Waals surface area contributed by atoms with Crippen LogP contribution in [0.3, 0.4) is 0 Å². The molecule has 0 amide bonds. The fraction of sp³-hybridized carbons (Fsp3) is 0.391. The molecule has 1 saturated heterocycles. The molecule has 1 atom stereocenters. The summed E-state index contributed by atoms with van der Waals surface area (Å²) in [5.41, 5.74) is 4.95. The van der Waals surface area contributed by atoms with Crippen molar-refractivity contribution in [2.75, 3.05) is 45.8 Å². The monoisotopic (exact) mass is 420 g/mol. The summed E-state index contributed by atoms with van der Waals surface area (Å²) in [6.45, 7) is 5.07. The van der Waals surface area contributed by atoms with Crippen LogP contribution in [0.5, 0.6) is 5.75 Å². The van der Waals surface area contributed by atoms with Crippen molar-refractivity contribution in [2.24, 2.45) is 0 Å². The molecule has 0 radical (unpaired) electrons. The second kappa shape index (κ2) is 9.36. The van der Waals surface area contributed by atoms with E-state index in [1.165, 1.54) is 11.9 Å². The Bertz CT molecular complexity index is 1030. The fourth-order valence-corrected chi connectivity index (χ4v) is 3.89. The van der Waals surface area contributed by atoms with Crippen molar-refractivity contribution in [3.05, 3.63) is 59.9 Å². The zero-order chi connectivity index (χ0) is 21.8. The third kappa shape index (κ3) is 4.65. The van der Waals surface area contributed by atoms with Gasteiger partial charge in [-0.1, -0.05) is 18.2 Å². The van der Waals surface area contributed by atoms with Gasteiger partial charge in [-0.15, -0.1) is 0 Å². The van der Waals surface area contributed by atoms with E-state index < -0.39 is 0 Å². The highest BCUT2D eigenvalue weighted by Crippen LogP contribution is 2.32. The van der Waals surface area contributed by atoms with E-state index in [1.54, 1.807) is 19.5 Å². The van der Waals surface area contributed by atoms with Crippen LogP contribution in [0.25, 0.3) is 11.1 Å². The van der Waals surface area contributed by atoms with E-state index in [1.807, 2.05) is 25.2 Å². The van der Waals surface area contributed by atoms with Crippen molar-refractivity contribution in [3.8, 4) is 16.9 Å². The van der Waals surface area contributed by atoms with E-state index in [-0.39, 0.29) is 6.10 Å². The fourth-order valence-electron chi connectivity index (χ4n) is 3.89. The van der Waals surface area contributed by atoms with Gasteiger partial charge in [0.05, 0.1) is 19.4 Å². The van der Waals surface area contributed by atoms with Crippen molar-refractivity contribution in [2.45, 2.75) is 19.6 Å². The minimum atomic E-state index is -0.179. The summed E-state index contributed by atoms with van der Waals surface area (Å²) >= 11 is 0. The molecule has 0 spiro atoms. The van der Waals surface area contributed by atoms with Gasteiger partial charge in [0.15, 0.2) is 0 Å². The minimum Gasteiger partial charge on any atom is -0.496 e. The van der Waals surface area contributed by atoms with Gasteiger partial charge in [0.25, 0.3) is 0 Å². The maximum absolute atomic E-state index is 6.19. The Labute approximate surface area is 182 Å². The third-order valence-electron chi connectivity index (χ3n) is 5.42. The summed E-state index contributed by atoms with van der Waals surface area (Å²) in [6, 6.07) is 6.27. The quantitative estimate of drug-likeness (QED) is 0.603. The average molecular weight is 421 g/mol. The summed E-state index contributed by atoms with van der Waals surface area (Å²) in [7, 11) is 5.59. The molecule has 31 heavy (non-hydrogen) atoms. The first-order valence-electron chi connectivity index (χ1n) is 10.3. The number of methoxy groups -OCH3 is 1. The van der Waals surface area contributed by atoms with Crippen LogP contribution in [-0.2, 0) is 11.3 Å². The number of para-hydroxylation sites is 1. The number of aryl methyl sites for hydroxylation is 1. The van der Waals surface area contributed by atoms with Crippen LogP contribution in [0.1, 0.15) is 22.9 Å². The van der Waals surface area contributed by atoms with E-state index in [9.17, 15) is 0 Å². The summed E-state index contributed by atoms with van der Waals surface area (Å²) in [5.74, 6) is 1.60. The zero-order valence-electron chi connectivity index (χ0n) is 18.4. The SMILES string of the molecule is COc1c(C)cccc1CN1CCO[C@@H](c2nc(N(C)C)ncc2-c2cncnc2)C1. The maximum Gasteiger partial charge on any atom is 0.225 e. The lowest BCUT2D eigenvalue weighted by atomic mass is 10.0. The lowest BCUT2D eigenvalue weighted by Crippen LogP contribution is -2.38. The molecule has 8 heteroatoms. The Morgan fingerprint density at radius 1 is 1.19 bits per heavy atom. The van der Waals surface area contributed by atoms with Crippen LogP contribution in [0.2, 0.25) is 0 Å². The molecule has 2 aromatic heterocycles. The summed E-state index contributed by atoms with van der Waals surface area (Å²) in [5, 5.41) is 0. The molecule has 0 N–H and O–H groups in total. The van der Waals surface area contributed by atoms with Crippen LogP contribution < -0.4 is 9.64 Å². The highest BCUT2D eigenvalue weighted by molar-refractivity contribution is 5.64. The Balaban J connectivity index is 1.63. The number of benzene rings is 1. The Hall–Kier alpha value is -3.10. The molecule has 3 heterocycles. The van der Waals surface area contributed by atoms with Gasteiger partial charge >= 0.3 is 0 Å². The molecule has 8 nitrogen and oxygen atoms in total. The zero-order valence-corrected chi connectivity index (χ0v) is 18.4. The van der Waals surface area contributed by atoms with Crippen LogP contribution in [0.4, 0.5) is 5.95 Å². The number of anilines is 1. The van der Waals surface area contributed by atoms with E-state index in [0.29, 0.717) is 12.6 Å². The normalized spacial score (nSPS) is 16.8. The predicted molar refractivity (Wildman–Crippen MR) is 119 cm³/mol.